The smallest absolute Gasteiger partial charge is 0.0235 e. The Morgan fingerprint density at radius 2 is 2.18 bits per heavy atom. The van der Waals surface area contributed by atoms with Crippen molar-refractivity contribution in [3.05, 3.63) is 35.4 Å². The molecule has 1 aromatic rings. The van der Waals surface area contributed by atoms with Crippen molar-refractivity contribution in [2.75, 3.05) is 26.2 Å². The molecule has 2 heteroatoms. The van der Waals surface area contributed by atoms with Gasteiger partial charge in [-0.15, -0.1) is 0 Å². The van der Waals surface area contributed by atoms with Crippen molar-refractivity contribution in [1.29, 1.82) is 0 Å². The Morgan fingerprint density at radius 1 is 1.24 bits per heavy atom. The number of rotatable bonds is 2. The largest absolute Gasteiger partial charge is 0.312 e. The van der Waals surface area contributed by atoms with Crippen molar-refractivity contribution in [1.82, 2.24) is 10.2 Å². The minimum atomic E-state index is 0.797. The minimum absolute atomic E-state index is 0.797. The van der Waals surface area contributed by atoms with Crippen LogP contribution >= 0.6 is 0 Å². The Bertz CT molecular complexity index is 417. The van der Waals surface area contributed by atoms with E-state index in [1.54, 1.807) is 11.1 Å². The van der Waals surface area contributed by atoms with E-state index in [-0.39, 0.29) is 0 Å². The molecule has 2 saturated heterocycles. The fourth-order valence-corrected chi connectivity index (χ4v) is 3.92. The van der Waals surface area contributed by atoms with Crippen LogP contribution in [0.5, 0.6) is 0 Å². The normalized spacial score (nSPS) is 35.4. The van der Waals surface area contributed by atoms with Gasteiger partial charge in [-0.1, -0.05) is 24.3 Å². The van der Waals surface area contributed by atoms with Gasteiger partial charge in [0.15, 0.2) is 0 Å². The van der Waals surface area contributed by atoms with Crippen LogP contribution in [0.25, 0.3) is 0 Å². The molecule has 0 aromatic heterocycles. The summed E-state index contributed by atoms with van der Waals surface area (Å²) in [4.78, 5) is 2.68. The number of nitrogens with zero attached hydrogens (tertiary/aromatic N) is 1. The average molecular weight is 228 g/mol. The number of hydrogen-bond acceptors (Lipinski definition) is 2. The van der Waals surface area contributed by atoms with E-state index in [4.69, 9.17) is 0 Å². The van der Waals surface area contributed by atoms with Crippen molar-refractivity contribution >= 4 is 0 Å². The molecular formula is C15H20N2. The molecular weight excluding hydrogens is 208 g/mol. The Balaban J connectivity index is 1.41. The van der Waals surface area contributed by atoms with Gasteiger partial charge in [-0.05, 0) is 36.4 Å². The standard InChI is InChI=1S/C15H20N2/c1-2-4-14-11(3-1)7-13(14)9-17-8-12-5-6-16-15(12)10-17/h1-4,12-13,15-16H,5-10H2/t12-,13?,15+/m0/s1. The molecule has 2 aliphatic heterocycles. The summed E-state index contributed by atoms with van der Waals surface area (Å²) in [5.74, 6) is 1.75. The molecule has 3 atom stereocenters. The van der Waals surface area contributed by atoms with Gasteiger partial charge in [-0.2, -0.15) is 0 Å². The first-order chi connectivity index (χ1) is 8.40. The molecule has 1 aliphatic carbocycles. The van der Waals surface area contributed by atoms with E-state index in [1.807, 2.05) is 0 Å². The highest BCUT2D eigenvalue weighted by Crippen LogP contribution is 2.36. The van der Waals surface area contributed by atoms with Crippen LogP contribution in [0.1, 0.15) is 23.5 Å². The van der Waals surface area contributed by atoms with Crippen LogP contribution in [0.2, 0.25) is 0 Å². The van der Waals surface area contributed by atoms with Gasteiger partial charge in [-0.25, -0.2) is 0 Å². The number of hydrogen-bond donors (Lipinski definition) is 1. The summed E-state index contributed by atoms with van der Waals surface area (Å²) in [5.41, 5.74) is 3.19. The van der Waals surface area contributed by atoms with Crippen molar-refractivity contribution in [2.45, 2.75) is 24.8 Å². The molecule has 90 valence electrons. The van der Waals surface area contributed by atoms with Crippen LogP contribution in [0.15, 0.2) is 24.3 Å². The summed E-state index contributed by atoms with van der Waals surface area (Å²) in [6.45, 7) is 5.14. The summed E-state index contributed by atoms with van der Waals surface area (Å²) < 4.78 is 0. The molecule has 4 rings (SSSR count). The lowest BCUT2D eigenvalue weighted by Gasteiger charge is -2.33. The quantitative estimate of drug-likeness (QED) is 0.827. The Morgan fingerprint density at radius 3 is 3.06 bits per heavy atom. The van der Waals surface area contributed by atoms with Gasteiger partial charge in [0.05, 0.1) is 0 Å². The summed E-state index contributed by atoms with van der Waals surface area (Å²) in [6.07, 6.45) is 2.69. The average Bonchev–Trinajstić information content (AvgIpc) is 2.86. The minimum Gasteiger partial charge on any atom is -0.312 e. The summed E-state index contributed by atoms with van der Waals surface area (Å²) in [7, 11) is 0. The number of fused-ring (bicyclic) bond motifs is 2. The van der Waals surface area contributed by atoms with Crippen LogP contribution in [-0.4, -0.2) is 37.1 Å². The molecule has 0 saturated carbocycles. The Kier molecular flexibility index (Phi) is 2.27. The SMILES string of the molecule is c1ccc2c(c1)CC2CN1C[C@@H]2CCN[C@@H]2C1. The molecule has 0 radical (unpaired) electrons. The molecule has 0 amide bonds. The number of benzene rings is 1. The lowest BCUT2D eigenvalue weighted by atomic mass is 9.77. The molecule has 1 unspecified atom stereocenters. The Labute approximate surface area is 103 Å². The van der Waals surface area contributed by atoms with Crippen LogP contribution in [0.4, 0.5) is 0 Å². The van der Waals surface area contributed by atoms with Crippen molar-refractivity contribution < 1.29 is 0 Å². The number of nitrogens with one attached hydrogen (secondary N) is 1. The zero-order valence-electron chi connectivity index (χ0n) is 10.2. The lowest BCUT2D eigenvalue weighted by molar-refractivity contribution is 0.282. The van der Waals surface area contributed by atoms with Crippen LogP contribution in [0.3, 0.4) is 0 Å². The molecule has 2 fully saturated rings. The Hall–Kier alpha value is -0.860. The third-order valence-electron chi connectivity index (χ3n) is 4.88. The molecule has 1 aromatic carbocycles. The van der Waals surface area contributed by atoms with Crippen molar-refractivity contribution in [2.24, 2.45) is 5.92 Å². The van der Waals surface area contributed by atoms with Crippen molar-refractivity contribution in [3.8, 4) is 0 Å². The monoisotopic (exact) mass is 228 g/mol. The second-order valence-electron chi connectivity index (χ2n) is 5.93. The van der Waals surface area contributed by atoms with E-state index < -0.39 is 0 Å². The fraction of sp³-hybridized carbons (Fsp3) is 0.600. The maximum absolute atomic E-state index is 3.64. The zero-order valence-corrected chi connectivity index (χ0v) is 10.2. The molecule has 1 N–H and O–H groups in total. The van der Waals surface area contributed by atoms with Crippen molar-refractivity contribution in [3.63, 3.8) is 0 Å². The van der Waals surface area contributed by atoms with E-state index >= 15 is 0 Å². The van der Waals surface area contributed by atoms with E-state index in [2.05, 4.69) is 34.5 Å². The van der Waals surface area contributed by atoms with Gasteiger partial charge < -0.3 is 10.2 Å². The summed E-state index contributed by atoms with van der Waals surface area (Å²) in [6, 6.07) is 9.75. The van der Waals surface area contributed by atoms with Crippen LogP contribution in [0, 0.1) is 5.92 Å². The second kappa shape index (κ2) is 3.82. The van der Waals surface area contributed by atoms with Gasteiger partial charge in [0, 0.05) is 31.6 Å². The van der Waals surface area contributed by atoms with Crippen LogP contribution < -0.4 is 5.32 Å². The maximum atomic E-state index is 3.64. The van der Waals surface area contributed by atoms with E-state index in [0.717, 1.165) is 17.9 Å². The highest BCUT2D eigenvalue weighted by Gasteiger charge is 2.37. The van der Waals surface area contributed by atoms with Gasteiger partial charge in [0.25, 0.3) is 0 Å². The van der Waals surface area contributed by atoms with E-state index in [9.17, 15) is 0 Å². The first kappa shape index (κ1) is 10.1. The predicted molar refractivity (Wildman–Crippen MR) is 69.2 cm³/mol. The fourth-order valence-electron chi connectivity index (χ4n) is 3.92. The topological polar surface area (TPSA) is 15.3 Å². The molecule has 0 spiro atoms. The molecule has 2 nitrogen and oxygen atoms in total. The van der Waals surface area contributed by atoms with E-state index in [1.165, 1.54) is 39.0 Å². The predicted octanol–water partition coefficient (Wildman–Crippen LogP) is 1.62. The first-order valence-electron chi connectivity index (χ1n) is 6.94. The maximum Gasteiger partial charge on any atom is 0.0235 e. The second-order valence-corrected chi connectivity index (χ2v) is 5.93. The lowest BCUT2D eigenvalue weighted by Crippen LogP contribution is -2.35. The zero-order chi connectivity index (χ0) is 11.2. The summed E-state index contributed by atoms with van der Waals surface area (Å²) in [5, 5.41) is 3.64. The molecule has 3 aliphatic rings. The summed E-state index contributed by atoms with van der Waals surface area (Å²) >= 11 is 0. The van der Waals surface area contributed by atoms with E-state index in [0.29, 0.717) is 0 Å². The van der Waals surface area contributed by atoms with Gasteiger partial charge >= 0.3 is 0 Å². The highest BCUT2D eigenvalue weighted by molar-refractivity contribution is 5.40. The molecule has 2 heterocycles. The first-order valence-corrected chi connectivity index (χ1v) is 6.94. The van der Waals surface area contributed by atoms with Gasteiger partial charge in [-0.3, -0.25) is 0 Å². The third-order valence-corrected chi connectivity index (χ3v) is 4.88. The molecule has 17 heavy (non-hydrogen) atoms. The van der Waals surface area contributed by atoms with Gasteiger partial charge in [0.2, 0.25) is 0 Å². The number of likely N-dealkylation sites (tertiary alicyclic amines) is 1. The third kappa shape index (κ3) is 1.62. The molecule has 0 bridgehead atoms. The van der Waals surface area contributed by atoms with Gasteiger partial charge in [0.1, 0.15) is 0 Å². The highest BCUT2D eigenvalue weighted by atomic mass is 15.2. The van der Waals surface area contributed by atoms with Crippen LogP contribution in [-0.2, 0) is 6.42 Å².